The molecule has 1 nitrogen and oxygen atoms in total. The minimum Gasteiger partial charge on any atom is -0.374 e. The lowest BCUT2D eigenvalue weighted by Crippen LogP contribution is -2.24. The lowest BCUT2D eigenvalue weighted by Gasteiger charge is -2.24. The molecular formula is C9H15F3O. The summed E-state index contributed by atoms with van der Waals surface area (Å²) in [6.45, 7) is 5.10. The quantitative estimate of drug-likeness (QED) is 0.629. The normalized spacial score (nSPS) is 14.8. The van der Waals surface area contributed by atoms with Gasteiger partial charge in [-0.05, 0) is 26.3 Å². The summed E-state index contributed by atoms with van der Waals surface area (Å²) in [7, 11) is 1.48. The second-order valence-electron chi connectivity index (χ2n) is 3.42. The molecule has 4 heteroatoms. The van der Waals surface area contributed by atoms with Crippen molar-refractivity contribution in [3.8, 4) is 0 Å². The SMILES string of the molecule is COC(C)(C)/C(C)=C\CC(F)(F)F. The van der Waals surface area contributed by atoms with Crippen LogP contribution in [0.3, 0.4) is 0 Å². The van der Waals surface area contributed by atoms with E-state index < -0.39 is 18.2 Å². The van der Waals surface area contributed by atoms with Gasteiger partial charge in [-0.2, -0.15) is 13.2 Å². The van der Waals surface area contributed by atoms with Gasteiger partial charge in [0.15, 0.2) is 0 Å². The van der Waals surface area contributed by atoms with Crippen molar-refractivity contribution in [2.75, 3.05) is 7.11 Å². The van der Waals surface area contributed by atoms with Crippen LogP contribution in [-0.2, 0) is 4.74 Å². The Morgan fingerprint density at radius 1 is 1.31 bits per heavy atom. The minimum atomic E-state index is -4.13. The van der Waals surface area contributed by atoms with E-state index in [9.17, 15) is 13.2 Å². The van der Waals surface area contributed by atoms with Crippen molar-refractivity contribution in [2.24, 2.45) is 0 Å². The first-order valence-electron chi connectivity index (χ1n) is 3.98. The molecule has 0 saturated heterocycles. The standard InChI is InChI=1S/C9H15F3O/c1-7(8(2,3)13-4)5-6-9(10,11)12/h5H,6H2,1-4H3/b7-5-. The smallest absolute Gasteiger partial charge is 0.374 e. The van der Waals surface area contributed by atoms with E-state index in [1.165, 1.54) is 7.11 Å². The van der Waals surface area contributed by atoms with Crippen LogP contribution < -0.4 is 0 Å². The van der Waals surface area contributed by atoms with Crippen LogP contribution in [0.15, 0.2) is 11.6 Å². The van der Waals surface area contributed by atoms with E-state index in [0.717, 1.165) is 6.08 Å². The maximum atomic E-state index is 11.8. The van der Waals surface area contributed by atoms with Gasteiger partial charge in [0.1, 0.15) is 0 Å². The summed E-state index contributed by atoms with van der Waals surface area (Å²) < 4.78 is 40.5. The summed E-state index contributed by atoms with van der Waals surface area (Å²) in [6.07, 6.45) is -3.87. The maximum Gasteiger partial charge on any atom is 0.392 e. The van der Waals surface area contributed by atoms with E-state index in [1.54, 1.807) is 20.8 Å². The van der Waals surface area contributed by atoms with Crippen molar-refractivity contribution in [3.05, 3.63) is 11.6 Å². The zero-order valence-electron chi connectivity index (χ0n) is 8.33. The molecule has 0 N–H and O–H groups in total. The van der Waals surface area contributed by atoms with E-state index in [2.05, 4.69) is 0 Å². The molecular weight excluding hydrogens is 181 g/mol. The van der Waals surface area contributed by atoms with Gasteiger partial charge in [0.25, 0.3) is 0 Å². The summed E-state index contributed by atoms with van der Waals surface area (Å²) in [4.78, 5) is 0. The molecule has 0 amide bonds. The van der Waals surface area contributed by atoms with Gasteiger partial charge in [-0.15, -0.1) is 0 Å². The first kappa shape index (κ1) is 12.5. The maximum absolute atomic E-state index is 11.8. The molecule has 0 bridgehead atoms. The Balaban J connectivity index is 4.34. The Hall–Kier alpha value is -0.510. The molecule has 0 saturated carbocycles. The first-order chi connectivity index (χ1) is 5.69. The second kappa shape index (κ2) is 4.13. The number of hydrogen-bond donors (Lipinski definition) is 0. The van der Waals surface area contributed by atoms with Crippen LogP contribution in [0.4, 0.5) is 13.2 Å². The molecule has 0 aromatic carbocycles. The highest BCUT2D eigenvalue weighted by molar-refractivity contribution is 5.11. The zero-order valence-corrected chi connectivity index (χ0v) is 8.33. The number of alkyl halides is 3. The molecule has 0 spiro atoms. The fraction of sp³-hybridized carbons (Fsp3) is 0.778. The monoisotopic (exact) mass is 196 g/mol. The average Bonchev–Trinajstić information content (AvgIpc) is 1.98. The lowest BCUT2D eigenvalue weighted by atomic mass is 9.98. The van der Waals surface area contributed by atoms with Gasteiger partial charge in [-0.1, -0.05) is 6.08 Å². The van der Waals surface area contributed by atoms with Crippen LogP contribution in [-0.4, -0.2) is 18.9 Å². The largest absolute Gasteiger partial charge is 0.392 e. The molecule has 0 heterocycles. The van der Waals surface area contributed by atoms with Crippen molar-refractivity contribution < 1.29 is 17.9 Å². The topological polar surface area (TPSA) is 9.23 Å². The Bertz CT molecular complexity index is 192. The summed E-state index contributed by atoms with van der Waals surface area (Å²) in [5.41, 5.74) is -0.0297. The number of ether oxygens (including phenoxy) is 1. The van der Waals surface area contributed by atoms with E-state index in [4.69, 9.17) is 4.74 Å². The van der Waals surface area contributed by atoms with Crippen molar-refractivity contribution in [1.29, 1.82) is 0 Å². The van der Waals surface area contributed by atoms with Crippen LogP contribution in [0.25, 0.3) is 0 Å². The summed E-state index contributed by atoms with van der Waals surface area (Å²) in [5, 5.41) is 0. The highest BCUT2D eigenvalue weighted by Crippen LogP contribution is 2.25. The molecule has 0 aliphatic heterocycles. The van der Waals surface area contributed by atoms with E-state index in [0.29, 0.717) is 5.57 Å². The van der Waals surface area contributed by atoms with Gasteiger partial charge >= 0.3 is 6.18 Å². The van der Waals surface area contributed by atoms with Crippen LogP contribution in [0.5, 0.6) is 0 Å². The highest BCUT2D eigenvalue weighted by Gasteiger charge is 2.27. The molecule has 0 rings (SSSR count). The third kappa shape index (κ3) is 4.93. The Morgan fingerprint density at radius 2 is 1.77 bits per heavy atom. The summed E-state index contributed by atoms with van der Waals surface area (Å²) >= 11 is 0. The van der Waals surface area contributed by atoms with Crippen LogP contribution in [0.2, 0.25) is 0 Å². The van der Waals surface area contributed by atoms with Crippen LogP contribution >= 0.6 is 0 Å². The third-order valence-electron chi connectivity index (χ3n) is 2.10. The summed E-state index contributed by atoms with van der Waals surface area (Å²) in [5.74, 6) is 0. The fourth-order valence-electron chi connectivity index (χ4n) is 0.676. The minimum absolute atomic E-state index is 0.590. The molecule has 13 heavy (non-hydrogen) atoms. The molecule has 0 atom stereocenters. The van der Waals surface area contributed by atoms with Gasteiger partial charge in [0.05, 0.1) is 12.0 Å². The number of hydrogen-bond acceptors (Lipinski definition) is 1. The number of halogens is 3. The van der Waals surface area contributed by atoms with Gasteiger partial charge in [0.2, 0.25) is 0 Å². The van der Waals surface area contributed by atoms with Gasteiger partial charge in [-0.3, -0.25) is 0 Å². The second-order valence-corrected chi connectivity index (χ2v) is 3.42. The molecule has 78 valence electrons. The molecule has 0 aromatic rings. The van der Waals surface area contributed by atoms with Gasteiger partial charge < -0.3 is 4.74 Å². The third-order valence-corrected chi connectivity index (χ3v) is 2.10. The number of rotatable bonds is 3. The molecule has 0 aliphatic carbocycles. The van der Waals surface area contributed by atoms with Gasteiger partial charge in [-0.25, -0.2) is 0 Å². The Morgan fingerprint density at radius 3 is 2.08 bits per heavy atom. The molecule has 0 aromatic heterocycles. The molecule has 0 radical (unpaired) electrons. The highest BCUT2D eigenvalue weighted by atomic mass is 19.4. The first-order valence-corrected chi connectivity index (χ1v) is 3.98. The van der Waals surface area contributed by atoms with Crippen molar-refractivity contribution in [3.63, 3.8) is 0 Å². The summed E-state index contributed by atoms with van der Waals surface area (Å²) in [6, 6.07) is 0. The number of allylic oxidation sites excluding steroid dienone is 1. The van der Waals surface area contributed by atoms with Crippen LogP contribution in [0, 0.1) is 0 Å². The van der Waals surface area contributed by atoms with E-state index in [-0.39, 0.29) is 0 Å². The van der Waals surface area contributed by atoms with E-state index in [1.807, 2.05) is 0 Å². The van der Waals surface area contributed by atoms with Crippen LogP contribution in [0.1, 0.15) is 27.2 Å². The van der Waals surface area contributed by atoms with Crippen molar-refractivity contribution >= 4 is 0 Å². The van der Waals surface area contributed by atoms with E-state index >= 15 is 0 Å². The fourth-order valence-corrected chi connectivity index (χ4v) is 0.676. The predicted octanol–water partition coefficient (Wildman–Crippen LogP) is 3.31. The average molecular weight is 196 g/mol. The Kier molecular flexibility index (Phi) is 3.97. The molecule has 0 unspecified atom stereocenters. The number of methoxy groups -OCH3 is 1. The predicted molar refractivity (Wildman–Crippen MR) is 45.5 cm³/mol. The molecule has 0 fully saturated rings. The molecule has 0 aliphatic rings. The zero-order chi connectivity index (χ0) is 10.7. The van der Waals surface area contributed by atoms with Gasteiger partial charge in [0, 0.05) is 7.11 Å². The van der Waals surface area contributed by atoms with Crippen molar-refractivity contribution in [2.45, 2.75) is 39.0 Å². The van der Waals surface area contributed by atoms with Crippen molar-refractivity contribution in [1.82, 2.24) is 0 Å². The lowest BCUT2D eigenvalue weighted by molar-refractivity contribution is -0.125. The Labute approximate surface area is 76.6 Å².